The lowest BCUT2D eigenvalue weighted by Gasteiger charge is -2.41. The highest BCUT2D eigenvalue weighted by molar-refractivity contribution is 6.35. The van der Waals surface area contributed by atoms with E-state index in [0.717, 1.165) is 28.9 Å². The maximum absolute atomic E-state index is 9.73. The van der Waals surface area contributed by atoms with Crippen LogP contribution in [-0.2, 0) is 5.41 Å². The minimum absolute atomic E-state index is 0.0680. The van der Waals surface area contributed by atoms with Crippen molar-refractivity contribution >= 4 is 17.1 Å². The molecule has 17 heavy (non-hydrogen) atoms. The fraction of sp³-hybridized carbons (Fsp3) is 0.429. The summed E-state index contributed by atoms with van der Waals surface area (Å²) in [6, 6.07) is 6.04. The Morgan fingerprint density at radius 3 is 2.76 bits per heavy atom. The SMILES string of the molecule is Cc1c(Cl)c2ccccn2c1C1(CO)CCC1. The summed E-state index contributed by atoms with van der Waals surface area (Å²) in [7, 11) is 0. The molecule has 90 valence electrons. The van der Waals surface area contributed by atoms with Crippen molar-refractivity contribution in [2.75, 3.05) is 6.61 Å². The minimum Gasteiger partial charge on any atom is -0.395 e. The average molecular weight is 250 g/mol. The van der Waals surface area contributed by atoms with Crippen molar-refractivity contribution in [1.82, 2.24) is 4.40 Å². The van der Waals surface area contributed by atoms with Gasteiger partial charge < -0.3 is 9.51 Å². The number of hydrogen-bond acceptors (Lipinski definition) is 1. The number of nitrogens with zero attached hydrogens (tertiary/aromatic N) is 1. The second-order valence-corrected chi connectivity index (χ2v) is 5.41. The summed E-state index contributed by atoms with van der Waals surface area (Å²) >= 11 is 6.39. The van der Waals surface area contributed by atoms with E-state index in [4.69, 9.17) is 11.6 Å². The second kappa shape index (κ2) is 3.76. The third kappa shape index (κ3) is 1.37. The van der Waals surface area contributed by atoms with Crippen LogP contribution in [-0.4, -0.2) is 16.1 Å². The molecule has 0 bridgehead atoms. The van der Waals surface area contributed by atoms with E-state index in [1.54, 1.807) is 0 Å². The predicted octanol–water partition coefficient (Wildman–Crippen LogP) is 3.32. The van der Waals surface area contributed by atoms with Crippen molar-refractivity contribution in [2.24, 2.45) is 0 Å². The zero-order valence-corrected chi connectivity index (χ0v) is 10.7. The normalized spacial score (nSPS) is 18.3. The molecule has 2 aromatic rings. The summed E-state index contributed by atoms with van der Waals surface area (Å²) in [4.78, 5) is 0. The van der Waals surface area contributed by atoms with Gasteiger partial charge >= 0.3 is 0 Å². The Balaban J connectivity index is 2.32. The summed E-state index contributed by atoms with van der Waals surface area (Å²) in [6.45, 7) is 2.27. The Morgan fingerprint density at radius 1 is 1.41 bits per heavy atom. The van der Waals surface area contributed by atoms with Crippen LogP contribution in [0.2, 0.25) is 5.02 Å². The molecule has 1 aliphatic carbocycles. The van der Waals surface area contributed by atoms with Gasteiger partial charge in [-0.1, -0.05) is 24.1 Å². The van der Waals surface area contributed by atoms with Crippen molar-refractivity contribution in [2.45, 2.75) is 31.6 Å². The molecule has 0 amide bonds. The Labute approximate surface area is 106 Å². The molecular formula is C14H16ClNO. The maximum atomic E-state index is 9.73. The van der Waals surface area contributed by atoms with E-state index in [2.05, 4.69) is 11.3 Å². The average Bonchev–Trinajstić information content (AvgIpc) is 2.55. The van der Waals surface area contributed by atoms with E-state index in [1.165, 1.54) is 12.1 Å². The zero-order chi connectivity index (χ0) is 12.0. The predicted molar refractivity (Wildman–Crippen MR) is 69.8 cm³/mol. The first-order valence-corrected chi connectivity index (χ1v) is 6.44. The fourth-order valence-corrected chi connectivity index (χ4v) is 3.26. The zero-order valence-electron chi connectivity index (χ0n) is 9.91. The highest BCUT2D eigenvalue weighted by Crippen LogP contribution is 2.47. The highest BCUT2D eigenvalue weighted by atomic mass is 35.5. The number of aromatic nitrogens is 1. The molecule has 0 atom stereocenters. The van der Waals surface area contributed by atoms with Crippen LogP contribution in [0, 0.1) is 6.92 Å². The lowest BCUT2D eigenvalue weighted by Crippen LogP contribution is -2.39. The van der Waals surface area contributed by atoms with Crippen LogP contribution in [0.5, 0.6) is 0 Å². The molecule has 3 heteroatoms. The van der Waals surface area contributed by atoms with Gasteiger partial charge in [0.2, 0.25) is 0 Å². The lowest BCUT2D eigenvalue weighted by molar-refractivity contribution is 0.115. The number of rotatable bonds is 2. The van der Waals surface area contributed by atoms with Crippen molar-refractivity contribution < 1.29 is 5.11 Å². The largest absolute Gasteiger partial charge is 0.395 e. The maximum Gasteiger partial charge on any atom is 0.0693 e. The third-order valence-corrected chi connectivity index (χ3v) is 4.60. The van der Waals surface area contributed by atoms with Crippen molar-refractivity contribution in [3.05, 3.63) is 40.7 Å². The molecule has 1 saturated carbocycles. The quantitative estimate of drug-likeness (QED) is 0.868. The van der Waals surface area contributed by atoms with Crippen LogP contribution in [0.1, 0.15) is 30.5 Å². The lowest BCUT2D eigenvalue weighted by atomic mass is 9.66. The Morgan fingerprint density at radius 2 is 2.18 bits per heavy atom. The van der Waals surface area contributed by atoms with Gasteiger partial charge in [-0.2, -0.15) is 0 Å². The standard InChI is InChI=1S/C14H16ClNO/c1-10-12(15)11-5-2-3-8-16(11)13(10)14(9-17)6-4-7-14/h2-3,5,8,17H,4,6-7,9H2,1H3. The van der Waals surface area contributed by atoms with E-state index in [0.29, 0.717) is 0 Å². The monoisotopic (exact) mass is 249 g/mol. The summed E-state index contributed by atoms with van der Waals surface area (Å²) in [5.41, 5.74) is 3.29. The molecule has 3 rings (SSSR count). The number of pyridine rings is 1. The topological polar surface area (TPSA) is 24.6 Å². The molecule has 0 radical (unpaired) electrons. The van der Waals surface area contributed by atoms with E-state index in [1.807, 2.05) is 24.4 Å². The van der Waals surface area contributed by atoms with Gasteiger partial charge in [-0.25, -0.2) is 0 Å². The van der Waals surface area contributed by atoms with Crippen molar-refractivity contribution in [3.8, 4) is 0 Å². The third-order valence-electron chi connectivity index (χ3n) is 4.13. The van der Waals surface area contributed by atoms with E-state index < -0.39 is 0 Å². The van der Waals surface area contributed by atoms with Gasteiger partial charge in [-0.3, -0.25) is 0 Å². The number of halogens is 1. The van der Waals surface area contributed by atoms with E-state index >= 15 is 0 Å². The Bertz CT molecular complexity index is 563. The summed E-state index contributed by atoms with van der Waals surface area (Å²) < 4.78 is 2.15. The molecule has 0 saturated heterocycles. The van der Waals surface area contributed by atoms with Gasteiger partial charge in [-0.05, 0) is 37.5 Å². The first kappa shape index (κ1) is 11.1. The van der Waals surface area contributed by atoms with E-state index in [9.17, 15) is 5.11 Å². The van der Waals surface area contributed by atoms with Gasteiger partial charge in [0.25, 0.3) is 0 Å². The number of aliphatic hydroxyl groups excluding tert-OH is 1. The van der Waals surface area contributed by atoms with Crippen LogP contribution in [0.25, 0.3) is 5.52 Å². The first-order chi connectivity index (χ1) is 8.19. The van der Waals surface area contributed by atoms with Gasteiger partial charge in [0.05, 0.1) is 17.1 Å². The Kier molecular flexibility index (Phi) is 2.46. The van der Waals surface area contributed by atoms with Crippen LogP contribution < -0.4 is 0 Å². The Hall–Kier alpha value is -0.990. The van der Waals surface area contributed by atoms with Crippen molar-refractivity contribution in [3.63, 3.8) is 0 Å². The van der Waals surface area contributed by atoms with Gasteiger partial charge in [-0.15, -0.1) is 0 Å². The van der Waals surface area contributed by atoms with E-state index in [-0.39, 0.29) is 12.0 Å². The van der Waals surface area contributed by atoms with Crippen LogP contribution in [0.4, 0.5) is 0 Å². The fourth-order valence-electron chi connectivity index (χ4n) is 3.02. The molecular weight excluding hydrogens is 234 g/mol. The molecule has 0 unspecified atom stereocenters. The molecule has 1 fully saturated rings. The minimum atomic E-state index is -0.0680. The molecule has 2 aromatic heterocycles. The van der Waals surface area contributed by atoms with Crippen LogP contribution >= 0.6 is 11.6 Å². The number of aliphatic hydroxyl groups is 1. The summed E-state index contributed by atoms with van der Waals surface area (Å²) in [6.07, 6.45) is 5.35. The van der Waals surface area contributed by atoms with Crippen LogP contribution in [0.15, 0.2) is 24.4 Å². The summed E-state index contributed by atoms with van der Waals surface area (Å²) in [5.74, 6) is 0. The van der Waals surface area contributed by atoms with Crippen molar-refractivity contribution in [1.29, 1.82) is 0 Å². The van der Waals surface area contributed by atoms with Gasteiger partial charge in [0.1, 0.15) is 0 Å². The van der Waals surface area contributed by atoms with Crippen LogP contribution in [0.3, 0.4) is 0 Å². The molecule has 0 aliphatic heterocycles. The highest BCUT2D eigenvalue weighted by Gasteiger charge is 2.41. The molecule has 1 aliphatic rings. The van der Waals surface area contributed by atoms with Gasteiger partial charge in [0.15, 0.2) is 0 Å². The number of fused-ring (bicyclic) bond motifs is 1. The molecule has 0 spiro atoms. The molecule has 1 N–H and O–H groups in total. The molecule has 0 aromatic carbocycles. The summed E-state index contributed by atoms with van der Waals surface area (Å²) in [5, 5.41) is 10.5. The number of hydrogen-bond donors (Lipinski definition) is 1. The second-order valence-electron chi connectivity index (χ2n) is 5.04. The molecule has 2 heterocycles. The van der Waals surface area contributed by atoms with Gasteiger partial charge in [0, 0.05) is 17.3 Å². The first-order valence-electron chi connectivity index (χ1n) is 6.06. The smallest absolute Gasteiger partial charge is 0.0693 e. The molecule has 2 nitrogen and oxygen atoms in total.